The van der Waals surface area contributed by atoms with Crippen LogP contribution in [0.25, 0.3) is 11.0 Å². The van der Waals surface area contributed by atoms with Gasteiger partial charge in [0, 0.05) is 22.9 Å². The van der Waals surface area contributed by atoms with Crippen molar-refractivity contribution in [1.29, 1.82) is 0 Å². The fourth-order valence-corrected chi connectivity index (χ4v) is 3.13. The summed E-state index contributed by atoms with van der Waals surface area (Å²) in [5, 5.41) is 2.82. The molecule has 0 atom stereocenters. The van der Waals surface area contributed by atoms with E-state index in [4.69, 9.17) is 0 Å². The van der Waals surface area contributed by atoms with Crippen LogP contribution in [-0.4, -0.2) is 30.5 Å². The van der Waals surface area contributed by atoms with Crippen molar-refractivity contribution in [1.82, 2.24) is 9.97 Å². The van der Waals surface area contributed by atoms with E-state index in [2.05, 4.69) is 36.1 Å². The molecule has 0 spiro atoms. The van der Waals surface area contributed by atoms with Gasteiger partial charge in [-0.2, -0.15) is 0 Å². The molecule has 26 heavy (non-hydrogen) atoms. The number of hydrogen-bond donors (Lipinski definition) is 2. The van der Waals surface area contributed by atoms with Crippen LogP contribution in [-0.2, 0) is 15.3 Å². The number of rotatable bonds is 3. The van der Waals surface area contributed by atoms with Crippen LogP contribution in [0.15, 0.2) is 47.4 Å². The maximum atomic E-state index is 12.4. The van der Waals surface area contributed by atoms with E-state index in [1.165, 1.54) is 24.3 Å². The molecule has 6 nitrogen and oxygen atoms in total. The summed E-state index contributed by atoms with van der Waals surface area (Å²) in [6.45, 7) is 6.23. The lowest BCUT2D eigenvalue weighted by Gasteiger charge is -2.13. The van der Waals surface area contributed by atoms with Gasteiger partial charge in [-0.15, -0.1) is 0 Å². The summed E-state index contributed by atoms with van der Waals surface area (Å²) in [7, 11) is -3.28. The summed E-state index contributed by atoms with van der Waals surface area (Å²) in [6.07, 6.45) is 1.13. The molecule has 0 radical (unpaired) electrons. The SMILES string of the molecule is CC(C)(C)c1nc2ccc(NC(=O)c3ccc(S(C)(=O)=O)cc3)cc2[nH]1. The van der Waals surface area contributed by atoms with Crippen LogP contribution in [0, 0.1) is 0 Å². The highest BCUT2D eigenvalue weighted by molar-refractivity contribution is 7.90. The zero-order valence-electron chi connectivity index (χ0n) is 15.1. The van der Waals surface area contributed by atoms with E-state index < -0.39 is 9.84 Å². The Morgan fingerprint density at radius 2 is 1.73 bits per heavy atom. The van der Waals surface area contributed by atoms with E-state index in [0.29, 0.717) is 11.3 Å². The largest absolute Gasteiger partial charge is 0.341 e. The second kappa shape index (κ2) is 6.25. The number of benzene rings is 2. The van der Waals surface area contributed by atoms with Gasteiger partial charge in [0.15, 0.2) is 9.84 Å². The van der Waals surface area contributed by atoms with Gasteiger partial charge >= 0.3 is 0 Å². The van der Waals surface area contributed by atoms with Crippen molar-refractivity contribution in [3.63, 3.8) is 0 Å². The molecule has 7 heteroatoms. The van der Waals surface area contributed by atoms with Gasteiger partial charge in [0.1, 0.15) is 5.82 Å². The number of H-pyrrole nitrogens is 1. The highest BCUT2D eigenvalue weighted by Gasteiger charge is 2.18. The highest BCUT2D eigenvalue weighted by Crippen LogP contribution is 2.24. The Morgan fingerprint density at radius 3 is 2.31 bits per heavy atom. The first-order chi connectivity index (χ1) is 12.0. The quantitative estimate of drug-likeness (QED) is 0.737. The number of imidazole rings is 1. The van der Waals surface area contributed by atoms with Crippen molar-refractivity contribution in [3.8, 4) is 0 Å². The van der Waals surface area contributed by atoms with Crippen LogP contribution < -0.4 is 5.32 Å². The number of aromatic nitrogens is 2. The fraction of sp³-hybridized carbons (Fsp3) is 0.263. The Kier molecular flexibility index (Phi) is 4.36. The molecule has 0 aliphatic rings. The zero-order valence-corrected chi connectivity index (χ0v) is 15.9. The van der Waals surface area contributed by atoms with Crippen molar-refractivity contribution in [2.24, 2.45) is 0 Å². The summed E-state index contributed by atoms with van der Waals surface area (Å²) >= 11 is 0. The molecule has 0 fully saturated rings. The molecule has 0 saturated carbocycles. The van der Waals surface area contributed by atoms with Gasteiger partial charge in [0.2, 0.25) is 0 Å². The van der Waals surface area contributed by atoms with Crippen molar-refractivity contribution >= 4 is 32.5 Å². The molecule has 3 rings (SSSR count). The van der Waals surface area contributed by atoms with Gasteiger partial charge < -0.3 is 10.3 Å². The number of amides is 1. The number of anilines is 1. The normalized spacial score (nSPS) is 12.3. The lowest BCUT2D eigenvalue weighted by molar-refractivity contribution is 0.102. The fourth-order valence-electron chi connectivity index (χ4n) is 2.50. The standard InChI is InChI=1S/C19H21N3O3S/c1-19(2,3)18-21-15-10-7-13(11-16(15)22-18)20-17(23)12-5-8-14(9-6-12)26(4,24)25/h5-11H,1-4H3,(H,20,23)(H,21,22). The molecular formula is C19H21N3O3S. The van der Waals surface area contributed by atoms with Crippen LogP contribution >= 0.6 is 0 Å². The topological polar surface area (TPSA) is 91.9 Å². The molecule has 0 aliphatic carbocycles. The smallest absolute Gasteiger partial charge is 0.255 e. The van der Waals surface area contributed by atoms with Crippen LogP contribution in [0.5, 0.6) is 0 Å². The van der Waals surface area contributed by atoms with Crippen LogP contribution in [0.1, 0.15) is 37.0 Å². The van der Waals surface area contributed by atoms with Crippen molar-refractivity contribution in [3.05, 3.63) is 53.9 Å². The Hall–Kier alpha value is -2.67. The first-order valence-electron chi connectivity index (χ1n) is 8.16. The molecule has 0 saturated heterocycles. The average molecular weight is 371 g/mol. The predicted molar refractivity (Wildman–Crippen MR) is 102 cm³/mol. The average Bonchev–Trinajstić information content (AvgIpc) is 2.98. The Morgan fingerprint density at radius 1 is 1.08 bits per heavy atom. The summed E-state index contributed by atoms with van der Waals surface area (Å²) in [6, 6.07) is 11.3. The van der Waals surface area contributed by atoms with Gasteiger partial charge in [-0.25, -0.2) is 13.4 Å². The number of hydrogen-bond acceptors (Lipinski definition) is 4. The van der Waals surface area contributed by atoms with Crippen molar-refractivity contribution in [2.75, 3.05) is 11.6 Å². The van der Waals surface area contributed by atoms with Gasteiger partial charge in [0.25, 0.3) is 5.91 Å². The minimum absolute atomic E-state index is 0.0935. The Labute approximate surface area is 152 Å². The van der Waals surface area contributed by atoms with Crippen LogP contribution in [0.3, 0.4) is 0 Å². The maximum absolute atomic E-state index is 12.4. The first-order valence-corrected chi connectivity index (χ1v) is 10.0. The zero-order chi connectivity index (χ0) is 19.1. The molecule has 1 amide bonds. The number of nitrogens with one attached hydrogen (secondary N) is 2. The van der Waals surface area contributed by atoms with E-state index in [-0.39, 0.29) is 16.2 Å². The van der Waals surface area contributed by atoms with E-state index in [9.17, 15) is 13.2 Å². The monoisotopic (exact) mass is 371 g/mol. The minimum Gasteiger partial charge on any atom is -0.341 e. The second-order valence-corrected chi connectivity index (χ2v) is 9.33. The van der Waals surface area contributed by atoms with Crippen molar-refractivity contribution < 1.29 is 13.2 Å². The summed E-state index contributed by atoms with van der Waals surface area (Å²) < 4.78 is 23.0. The molecule has 1 heterocycles. The molecule has 1 aromatic heterocycles. The van der Waals surface area contributed by atoms with E-state index in [1.54, 1.807) is 6.07 Å². The number of sulfone groups is 1. The molecule has 136 valence electrons. The number of fused-ring (bicyclic) bond motifs is 1. The predicted octanol–water partition coefficient (Wildman–Crippen LogP) is 3.52. The molecule has 2 N–H and O–H groups in total. The van der Waals surface area contributed by atoms with Gasteiger partial charge in [-0.05, 0) is 42.5 Å². The molecule has 2 aromatic carbocycles. The van der Waals surface area contributed by atoms with Crippen LogP contribution in [0.4, 0.5) is 5.69 Å². The molecule has 3 aromatic rings. The Balaban J connectivity index is 1.83. The molecule has 0 aliphatic heterocycles. The third-order valence-corrected chi connectivity index (χ3v) is 5.12. The highest BCUT2D eigenvalue weighted by atomic mass is 32.2. The number of nitrogens with zero attached hydrogens (tertiary/aromatic N) is 1. The molecule has 0 bridgehead atoms. The summed E-state index contributed by atoms with van der Waals surface area (Å²) in [5.74, 6) is 0.576. The Bertz CT molecular complexity index is 1080. The minimum atomic E-state index is -3.28. The third kappa shape index (κ3) is 3.77. The third-order valence-electron chi connectivity index (χ3n) is 3.99. The van der Waals surface area contributed by atoms with E-state index in [0.717, 1.165) is 23.1 Å². The number of carbonyl (C=O) groups is 1. The van der Waals surface area contributed by atoms with Crippen LogP contribution in [0.2, 0.25) is 0 Å². The van der Waals surface area contributed by atoms with Gasteiger partial charge in [0.05, 0.1) is 15.9 Å². The molecular weight excluding hydrogens is 350 g/mol. The van der Waals surface area contributed by atoms with Gasteiger partial charge in [-0.1, -0.05) is 20.8 Å². The van der Waals surface area contributed by atoms with E-state index in [1.807, 2.05) is 12.1 Å². The van der Waals surface area contributed by atoms with E-state index >= 15 is 0 Å². The summed E-state index contributed by atoms with van der Waals surface area (Å²) in [5.41, 5.74) is 2.62. The first kappa shape index (κ1) is 18.1. The number of carbonyl (C=O) groups excluding carboxylic acids is 1. The molecule has 0 unspecified atom stereocenters. The lowest BCUT2D eigenvalue weighted by atomic mass is 9.96. The number of aromatic amines is 1. The summed E-state index contributed by atoms with van der Waals surface area (Å²) in [4.78, 5) is 20.4. The lowest BCUT2D eigenvalue weighted by Crippen LogP contribution is -2.13. The maximum Gasteiger partial charge on any atom is 0.255 e. The van der Waals surface area contributed by atoms with Crippen molar-refractivity contribution in [2.45, 2.75) is 31.1 Å². The van der Waals surface area contributed by atoms with Gasteiger partial charge in [-0.3, -0.25) is 4.79 Å². The second-order valence-electron chi connectivity index (χ2n) is 7.32.